The fraction of sp³-hybridized carbons (Fsp3) is 0.385. The largest absolute Gasteiger partial charge is 0.490 e. The molecule has 3 heterocycles. The predicted octanol–water partition coefficient (Wildman–Crippen LogP) is -1.76. The predicted molar refractivity (Wildman–Crippen MR) is 110 cm³/mol. The number of H-pyrrole nitrogens is 1. The van der Waals surface area contributed by atoms with Crippen LogP contribution in [0.15, 0.2) is 17.1 Å². The van der Waals surface area contributed by atoms with Gasteiger partial charge in [0.1, 0.15) is 12.2 Å². The molecule has 0 spiro atoms. The standard InChI is InChI=1S/C13H18N5O13P3/c1-2-13(15)8(19)7(5-28-33(24,25)31-34(26,27)30-32(21,22)23)29-11(13)18-4-3-6-9(18)16-12(14)17-10(6)20/h1,3-4,7-8,11,19H,5,15H2,(H,24,25)(H,26,27)(H2,21,22,23)(H3,14,16,17,20)/t7-,8+,11-,13?/m1/s1/i5D2. The van der Waals surface area contributed by atoms with Crippen molar-refractivity contribution in [3.8, 4) is 12.3 Å². The number of rotatable bonds is 8. The van der Waals surface area contributed by atoms with Crippen LogP contribution in [0.5, 0.6) is 0 Å². The summed E-state index contributed by atoms with van der Waals surface area (Å²) in [6.07, 6.45) is 0.447. The third-order valence-corrected chi connectivity index (χ3v) is 7.93. The minimum Gasteiger partial charge on any atom is -0.387 e. The van der Waals surface area contributed by atoms with E-state index in [1.807, 2.05) is 5.92 Å². The van der Waals surface area contributed by atoms with Gasteiger partial charge in [0.25, 0.3) is 5.56 Å². The van der Waals surface area contributed by atoms with Crippen LogP contribution in [0.2, 0.25) is 0 Å². The molecule has 18 nitrogen and oxygen atoms in total. The highest BCUT2D eigenvalue weighted by atomic mass is 31.3. The van der Waals surface area contributed by atoms with Crippen LogP contribution in [-0.4, -0.2) is 63.5 Å². The van der Waals surface area contributed by atoms with E-state index in [-0.39, 0.29) is 17.0 Å². The van der Waals surface area contributed by atoms with Crippen LogP contribution in [0, 0.1) is 12.3 Å². The molecule has 6 atom stereocenters. The van der Waals surface area contributed by atoms with E-state index in [9.17, 15) is 33.4 Å². The van der Waals surface area contributed by atoms with E-state index in [0.717, 1.165) is 4.57 Å². The number of aromatic nitrogens is 3. The molecule has 2 aromatic heterocycles. The molecule has 0 aromatic carbocycles. The quantitative estimate of drug-likeness (QED) is 0.134. The SMILES string of the molecule is [2H]C([2H])(OP(=O)(O)OP(=O)(O)OP(=O)(O)O)[C@H]1O[C@@H](n2ccc3c(=O)[nH]c(N)nc32)C(N)(C#C)[C@H]1O. The summed E-state index contributed by atoms with van der Waals surface area (Å²) in [4.78, 5) is 54.3. The number of aliphatic hydroxyl groups is 1. The Hall–Kier alpha value is -1.93. The highest BCUT2D eigenvalue weighted by molar-refractivity contribution is 7.66. The van der Waals surface area contributed by atoms with Gasteiger partial charge < -0.3 is 45.5 Å². The summed E-state index contributed by atoms with van der Waals surface area (Å²) in [5.41, 5.74) is 8.51. The van der Waals surface area contributed by atoms with Crippen molar-refractivity contribution < 1.29 is 59.0 Å². The van der Waals surface area contributed by atoms with Crippen molar-refractivity contribution in [2.45, 2.75) is 24.0 Å². The number of hydrogen-bond donors (Lipinski definition) is 8. The highest BCUT2D eigenvalue weighted by Crippen LogP contribution is 2.66. The summed E-state index contributed by atoms with van der Waals surface area (Å²) < 4.78 is 68.0. The van der Waals surface area contributed by atoms with E-state index in [1.165, 1.54) is 12.3 Å². The molecule has 0 saturated carbocycles. The number of hydrogen-bond acceptors (Lipinski definition) is 12. The third kappa shape index (κ3) is 5.48. The molecule has 188 valence electrons. The summed E-state index contributed by atoms with van der Waals surface area (Å²) in [5.74, 6) is 1.69. The lowest BCUT2D eigenvalue weighted by molar-refractivity contribution is -0.0436. The number of aromatic amines is 1. The lowest BCUT2D eigenvalue weighted by Gasteiger charge is -2.27. The number of phosphoric acid groups is 3. The summed E-state index contributed by atoms with van der Waals surface area (Å²) in [5, 5.41) is 10.7. The van der Waals surface area contributed by atoms with E-state index in [4.69, 9.17) is 35.2 Å². The zero-order valence-corrected chi connectivity index (χ0v) is 19.0. The van der Waals surface area contributed by atoms with Crippen LogP contribution in [-0.2, 0) is 31.6 Å². The topological polar surface area (TPSA) is 292 Å². The fourth-order valence-electron chi connectivity index (χ4n) is 2.93. The molecule has 1 fully saturated rings. The monoisotopic (exact) mass is 547 g/mol. The molecule has 3 unspecified atom stereocenters. The lowest BCUT2D eigenvalue weighted by Crippen LogP contribution is -2.53. The Morgan fingerprint density at radius 3 is 2.56 bits per heavy atom. The molecular weight excluding hydrogens is 527 g/mol. The molecule has 0 aliphatic carbocycles. The smallest absolute Gasteiger partial charge is 0.387 e. The van der Waals surface area contributed by atoms with Gasteiger partial charge in [-0.2, -0.15) is 13.6 Å². The molecule has 0 radical (unpaired) electrons. The first-order valence-corrected chi connectivity index (χ1v) is 13.0. The van der Waals surface area contributed by atoms with E-state index >= 15 is 0 Å². The number of nitrogens with zero attached hydrogens (tertiary/aromatic N) is 2. The lowest BCUT2D eigenvalue weighted by atomic mass is 9.92. The zero-order valence-electron chi connectivity index (χ0n) is 18.4. The number of terminal acetylenes is 1. The maximum Gasteiger partial charge on any atom is 0.490 e. The molecule has 1 saturated heterocycles. The minimum atomic E-state index is -6.00. The van der Waals surface area contributed by atoms with E-state index in [0.29, 0.717) is 0 Å². The van der Waals surface area contributed by atoms with Crippen molar-refractivity contribution in [1.82, 2.24) is 14.5 Å². The number of phosphoric ester groups is 1. The van der Waals surface area contributed by atoms with Gasteiger partial charge in [0.05, 0.1) is 14.7 Å². The summed E-state index contributed by atoms with van der Waals surface area (Å²) >= 11 is 0. The second kappa shape index (κ2) is 8.94. The Morgan fingerprint density at radius 1 is 1.32 bits per heavy atom. The molecule has 0 amide bonds. The maximum absolute atomic E-state index is 12.1. The van der Waals surface area contributed by atoms with Crippen LogP contribution in [0.1, 0.15) is 8.97 Å². The number of ether oxygens (including phenoxy) is 1. The average molecular weight is 547 g/mol. The molecule has 10 N–H and O–H groups in total. The number of nitrogen functional groups attached to an aromatic ring is 1. The van der Waals surface area contributed by atoms with Gasteiger partial charge in [-0.1, -0.05) is 5.92 Å². The van der Waals surface area contributed by atoms with Crippen LogP contribution in [0.25, 0.3) is 11.0 Å². The molecule has 21 heteroatoms. The van der Waals surface area contributed by atoms with Gasteiger partial charge in [-0.3, -0.25) is 14.3 Å². The molecule has 34 heavy (non-hydrogen) atoms. The van der Waals surface area contributed by atoms with Crippen molar-refractivity contribution in [2.75, 3.05) is 12.3 Å². The molecule has 3 rings (SSSR count). The Bertz CT molecular complexity index is 1430. The maximum atomic E-state index is 12.1. The van der Waals surface area contributed by atoms with Crippen molar-refractivity contribution >= 4 is 40.4 Å². The molecule has 2 aromatic rings. The molecule has 1 aliphatic rings. The molecular formula is C13H18N5O13P3. The van der Waals surface area contributed by atoms with Crippen LogP contribution in [0.4, 0.5) is 5.95 Å². The van der Waals surface area contributed by atoms with Gasteiger partial charge >= 0.3 is 23.5 Å². The first kappa shape index (κ1) is 23.8. The first-order valence-electron chi connectivity index (χ1n) is 9.52. The van der Waals surface area contributed by atoms with Crippen LogP contribution >= 0.6 is 23.5 Å². The van der Waals surface area contributed by atoms with E-state index in [1.54, 1.807) is 0 Å². The van der Waals surface area contributed by atoms with Gasteiger partial charge in [0.15, 0.2) is 17.4 Å². The van der Waals surface area contributed by atoms with Gasteiger partial charge in [-0.15, -0.1) is 6.42 Å². The Labute approximate surface area is 191 Å². The fourth-order valence-corrected chi connectivity index (χ4v) is 5.81. The second-order valence-corrected chi connectivity index (χ2v) is 11.0. The summed E-state index contributed by atoms with van der Waals surface area (Å²) in [7, 11) is -17.7. The van der Waals surface area contributed by atoms with Crippen LogP contribution in [0.3, 0.4) is 0 Å². The first-order chi connectivity index (χ1) is 16.2. The van der Waals surface area contributed by atoms with Gasteiger partial charge in [0, 0.05) is 6.20 Å². The van der Waals surface area contributed by atoms with Gasteiger partial charge in [-0.25, -0.2) is 13.7 Å². The summed E-state index contributed by atoms with van der Waals surface area (Å²) in [6.45, 7) is -3.57. The van der Waals surface area contributed by atoms with Crippen molar-refractivity contribution in [2.24, 2.45) is 5.73 Å². The number of fused-ring (bicyclic) bond motifs is 1. The van der Waals surface area contributed by atoms with E-state index < -0.39 is 59.6 Å². The van der Waals surface area contributed by atoms with Crippen molar-refractivity contribution in [1.29, 1.82) is 0 Å². The highest BCUT2D eigenvalue weighted by Gasteiger charge is 2.55. The second-order valence-electron chi connectivity index (χ2n) is 6.64. The number of nitrogens with two attached hydrogens (primary N) is 2. The Kier molecular flexibility index (Phi) is 6.25. The Balaban J connectivity index is 1.95. The summed E-state index contributed by atoms with van der Waals surface area (Å²) in [6, 6.07) is 1.25. The van der Waals surface area contributed by atoms with Crippen LogP contribution < -0.4 is 17.0 Å². The third-order valence-electron chi connectivity index (χ3n) is 4.26. The number of aliphatic hydroxyl groups excluding tert-OH is 1. The van der Waals surface area contributed by atoms with E-state index in [2.05, 4.69) is 23.1 Å². The molecule has 0 bridgehead atoms. The van der Waals surface area contributed by atoms with Gasteiger partial charge in [-0.05, 0) is 6.07 Å². The van der Waals surface area contributed by atoms with Crippen molar-refractivity contribution in [3.05, 3.63) is 22.6 Å². The van der Waals surface area contributed by atoms with Gasteiger partial charge in [0.2, 0.25) is 5.95 Å². The normalized spacial score (nSPS) is 30.2. The average Bonchev–Trinajstić information content (AvgIpc) is 3.17. The molecule has 1 aliphatic heterocycles. The Morgan fingerprint density at radius 2 is 1.97 bits per heavy atom. The number of nitrogens with one attached hydrogen (secondary N) is 1. The zero-order chi connectivity index (χ0) is 27.5. The minimum absolute atomic E-state index is 0.0265. The number of anilines is 1. The van der Waals surface area contributed by atoms with Crippen molar-refractivity contribution in [3.63, 3.8) is 0 Å².